The summed E-state index contributed by atoms with van der Waals surface area (Å²) >= 11 is 0. The Bertz CT molecular complexity index is 660. The number of rotatable bonds is 8. The van der Waals surface area contributed by atoms with Crippen molar-refractivity contribution in [2.75, 3.05) is 14.2 Å². The Labute approximate surface area is 142 Å². The van der Waals surface area contributed by atoms with Crippen LogP contribution in [0, 0.1) is 11.1 Å². The quantitative estimate of drug-likeness (QED) is 0.549. The fourth-order valence-corrected chi connectivity index (χ4v) is 2.39. The van der Waals surface area contributed by atoms with Crippen LogP contribution >= 0.6 is 0 Å². The van der Waals surface area contributed by atoms with Gasteiger partial charge >= 0.3 is 5.88 Å². The van der Waals surface area contributed by atoms with Crippen molar-refractivity contribution in [3.05, 3.63) is 52.5 Å². The summed E-state index contributed by atoms with van der Waals surface area (Å²) in [5, 5.41) is 12.7. The van der Waals surface area contributed by atoms with E-state index >= 15 is 0 Å². The summed E-state index contributed by atoms with van der Waals surface area (Å²) in [6.07, 6.45) is 0.546. The number of benzene rings is 1. The fraction of sp³-hybridized carbons (Fsp3) is 0.444. The molecule has 6 nitrogen and oxygen atoms in total. The first kappa shape index (κ1) is 18.0. The molecule has 1 heterocycles. The third kappa shape index (κ3) is 4.35. The van der Waals surface area contributed by atoms with Gasteiger partial charge in [-0.15, -0.1) is 4.73 Å². The molecule has 0 saturated carbocycles. The maximum Gasteiger partial charge on any atom is 0.404 e. The van der Waals surface area contributed by atoms with Gasteiger partial charge in [-0.3, -0.25) is 0 Å². The number of aromatic nitrogens is 2. The zero-order valence-electron chi connectivity index (χ0n) is 14.6. The molecule has 6 heteroatoms. The summed E-state index contributed by atoms with van der Waals surface area (Å²) in [7, 11) is 3.00. The summed E-state index contributed by atoms with van der Waals surface area (Å²) < 4.78 is 16.9. The zero-order valence-corrected chi connectivity index (χ0v) is 14.6. The van der Waals surface area contributed by atoms with Crippen molar-refractivity contribution >= 4 is 0 Å². The second-order valence-corrected chi connectivity index (χ2v) is 5.92. The number of hydrogen-bond acceptors (Lipinski definition) is 5. The highest BCUT2D eigenvalue weighted by Gasteiger charge is 2.26. The number of nitrogens with zero attached hydrogens (tertiary/aromatic N) is 2. The minimum absolute atomic E-state index is 0.152. The molecule has 0 atom stereocenters. The highest BCUT2D eigenvalue weighted by molar-refractivity contribution is 5.24. The van der Waals surface area contributed by atoms with E-state index in [1.807, 2.05) is 44.2 Å². The van der Waals surface area contributed by atoms with Crippen molar-refractivity contribution in [2.24, 2.45) is 5.92 Å². The maximum atomic E-state index is 12.7. The second-order valence-electron chi connectivity index (χ2n) is 5.92. The Hall–Kier alpha value is -2.34. The summed E-state index contributed by atoms with van der Waals surface area (Å²) in [5.41, 5.74) is 1.90. The molecule has 0 spiro atoms. The summed E-state index contributed by atoms with van der Waals surface area (Å²) in [4.78, 5) is 4.47. The fourth-order valence-electron chi connectivity index (χ4n) is 2.39. The Kier molecular flexibility index (Phi) is 6.37. The molecule has 0 aliphatic rings. The largest absolute Gasteiger partial charge is 0.616 e. The topological polar surface area (TPSA) is 67.5 Å². The van der Waals surface area contributed by atoms with E-state index in [1.165, 1.54) is 7.11 Å². The molecule has 0 bridgehead atoms. The van der Waals surface area contributed by atoms with Crippen LogP contribution in [0.2, 0.25) is 0 Å². The molecule has 0 N–H and O–H groups in total. The van der Waals surface area contributed by atoms with E-state index in [0.717, 1.165) is 10.3 Å². The van der Waals surface area contributed by atoms with Crippen LogP contribution in [0.1, 0.15) is 30.8 Å². The molecule has 0 saturated heterocycles. The van der Waals surface area contributed by atoms with Gasteiger partial charge in [-0.1, -0.05) is 44.2 Å². The van der Waals surface area contributed by atoms with Crippen LogP contribution in [0.15, 0.2) is 30.3 Å². The highest BCUT2D eigenvalue weighted by atomic mass is 16.6. The molecule has 0 aliphatic heterocycles. The minimum Gasteiger partial charge on any atom is -0.616 e. The van der Waals surface area contributed by atoms with Crippen LogP contribution < -0.4 is 14.2 Å². The van der Waals surface area contributed by atoms with Crippen LogP contribution in [-0.4, -0.2) is 19.2 Å². The van der Waals surface area contributed by atoms with E-state index in [0.29, 0.717) is 30.3 Å². The SMILES string of the molecule is COCc1nc(OCc2ccccc2)c(CC(C)C)[n+]([O-])c1OC. The molecule has 0 aliphatic carbocycles. The van der Waals surface area contributed by atoms with Gasteiger partial charge in [0.2, 0.25) is 0 Å². The van der Waals surface area contributed by atoms with Gasteiger partial charge in [0.15, 0.2) is 5.69 Å². The van der Waals surface area contributed by atoms with E-state index < -0.39 is 0 Å². The standard InChI is InChI=1S/C18H24N2O4/c1-13(2)10-16-17(24-11-14-8-6-5-7-9-14)19-15(12-22-3)18(23-4)20(16)21/h5-9,13H,10-12H2,1-4H3. The third-order valence-electron chi connectivity index (χ3n) is 3.45. The van der Waals surface area contributed by atoms with Gasteiger partial charge in [0.25, 0.3) is 11.6 Å². The number of ether oxygens (including phenoxy) is 3. The molecular formula is C18H24N2O4. The van der Waals surface area contributed by atoms with E-state index in [9.17, 15) is 5.21 Å². The van der Waals surface area contributed by atoms with Gasteiger partial charge in [-0.25, -0.2) is 0 Å². The van der Waals surface area contributed by atoms with Gasteiger partial charge in [-0.05, 0) is 11.5 Å². The van der Waals surface area contributed by atoms with Gasteiger partial charge in [0.1, 0.15) is 6.61 Å². The summed E-state index contributed by atoms with van der Waals surface area (Å²) in [6, 6.07) is 9.76. The molecule has 130 valence electrons. The molecule has 0 fully saturated rings. The van der Waals surface area contributed by atoms with E-state index in [2.05, 4.69) is 4.98 Å². The lowest BCUT2D eigenvalue weighted by atomic mass is 10.1. The first-order valence-corrected chi connectivity index (χ1v) is 7.91. The van der Waals surface area contributed by atoms with E-state index in [-0.39, 0.29) is 18.4 Å². The second kappa shape index (κ2) is 8.49. The van der Waals surface area contributed by atoms with E-state index in [1.54, 1.807) is 7.11 Å². The normalized spacial score (nSPS) is 10.9. The van der Waals surface area contributed by atoms with Gasteiger partial charge < -0.3 is 19.4 Å². The van der Waals surface area contributed by atoms with Gasteiger partial charge in [0.05, 0.1) is 13.7 Å². The monoisotopic (exact) mass is 332 g/mol. The summed E-state index contributed by atoms with van der Waals surface area (Å²) in [5.74, 6) is 0.763. The smallest absolute Gasteiger partial charge is 0.404 e. The summed E-state index contributed by atoms with van der Waals surface area (Å²) in [6.45, 7) is 4.60. The molecule has 1 aromatic carbocycles. The Morgan fingerprint density at radius 1 is 1.12 bits per heavy atom. The number of methoxy groups -OCH3 is 2. The molecule has 1 aromatic heterocycles. The Morgan fingerprint density at radius 3 is 2.42 bits per heavy atom. The first-order valence-electron chi connectivity index (χ1n) is 7.91. The Morgan fingerprint density at radius 2 is 1.83 bits per heavy atom. The van der Waals surface area contributed by atoms with Crippen molar-refractivity contribution in [1.82, 2.24) is 4.98 Å². The van der Waals surface area contributed by atoms with Crippen molar-refractivity contribution in [3.63, 3.8) is 0 Å². The zero-order chi connectivity index (χ0) is 17.5. The highest BCUT2D eigenvalue weighted by Crippen LogP contribution is 2.23. The molecule has 0 radical (unpaired) electrons. The molecule has 24 heavy (non-hydrogen) atoms. The predicted octanol–water partition coefficient (Wildman–Crippen LogP) is 2.65. The lowest BCUT2D eigenvalue weighted by Crippen LogP contribution is -2.37. The van der Waals surface area contributed by atoms with Crippen molar-refractivity contribution in [3.8, 4) is 11.8 Å². The molecule has 2 rings (SSSR count). The first-order chi connectivity index (χ1) is 11.6. The van der Waals surface area contributed by atoms with Gasteiger partial charge in [-0.2, -0.15) is 4.98 Å². The van der Waals surface area contributed by atoms with Crippen LogP contribution in [0.4, 0.5) is 0 Å². The predicted molar refractivity (Wildman–Crippen MR) is 89.8 cm³/mol. The van der Waals surface area contributed by atoms with Crippen LogP contribution in [0.5, 0.6) is 11.8 Å². The van der Waals surface area contributed by atoms with E-state index in [4.69, 9.17) is 14.2 Å². The third-order valence-corrected chi connectivity index (χ3v) is 3.45. The van der Waals surface area contributed by atoms with Crippen molar-refractivity contribution < 1.29 is 18.9 Å². The minimum atomic E-state index is 0.152. The van der Waals surface area contributed by atoms with Gasteiger partial charge in [0, 0.05) is 13.5 Å². The maximum absolute atomic E-state index is 12.7. The van der Waals surface area contributed by atoms with Crippen LogP contribution in [-0.2, 0) is 24.4 Å². The van der Waals surface area contributed by atoms with Crippen LogP contribution in [0.25, 0.3) is 0 Å². The molecular weight excluding hydrogens is 308 g/mol. The Balaban J connectivity index is 2.38. The van der Waals surface area contributed by atoms with Crippen molar-refractivity contribution in [1.29, 1.82) is 0 Å². The lowest BCUT2D eigenvalue weighted by molar-refractivity contribution is -0.622. The molecule has 0 amide bonds. The average molecular weight is 332 g/mol. The average Bonchev–Trinajstić information content (AvgIpc) is 2.57. The molecule has 0 unspecified atom stereocenters. The molecule has 2 aromatic rings. The lowest BCUT2D eigenvalue weighted by Gasteiger charge is -2.16. The number of hydrogen-bond donors (Lipinski definition) is 0. The van der Waals surface area contributed by atoms with Crippen LogP contribution in [0.3, 0.4) is 0 Å². The van der Waals surface area contributed by atoms with Crippen molar-refractivity contribution in [2.45, 2.75) is 33.5 Å².